The van der Waals surface area contributed by atoms with Crippen LogP contribution in [0.1, 0.15) is 36.3 Å². The van der Waals surface area contributed by atoms with Crippen LogP contribution in [-0.2, 0) is 0 Å². The largest absolute Gasteiger partial charge is 0.477 e. The summed E-state index contributed by atoms with van der Waals surface area (Å²) < 4.78 is 1.91. The molecule has 4 nitrogen and oxygen atoms in total. The van der Waals surface area contributed by atoms with Gasteiger partial charge in [0.1, 0.15) is 5.69 Å². The Hall–Kier alpha value is -1.55. The van der Waals surface area contributed by atoms with Gasteiger partial charge < -0.3 is 9.67 Å². The van der Waals surface area contributed by atoms with Crippen LogP contribution in [0.25, 0.3) is 0 Å². The van der Waals surface area contributed by atoms with Crippen molar-refractivity contribution >= 4 is 5.97 Å². The predicted octanol–water partition coefficient (Wildman–Crippen LogP) is 2.40. The molecule has 4 heteroatoms. The average molecular weight is 248 g/mol. The Morgan fingerprint density at radius 1 is 1.50 bits per heavy atom. The number of likely N-dealkylation sites (tertiary alicyclic amines) is 1. The molecule has 0 atom stereocenters. The molecule has 1 aromatic rings. The van der Waals surface area contributed by atoms with Crippen molar-refractivity contribution in [3.05, 3.63) is 36.2 Å². The van der Waals surface area contributed by atoms with E-state index in [1.54, 1.807) is 6.07 Å². The molecule has 0 aromatic carbocycles. The van der Waals surface area contributed by atoms with Crippen molar-refractivity contribution in [1.82, 2.24) is 9.47 Å². The number of carbonyl (C=O) groups is 1. The number of hydrogen-bond donors (Lipinski definition) is 1. The Labute approximate surface area is 108 Å². The van der Waals surface area contributed by atoms with Crippen molar-refractivity contribution in [3.8, 4) is 0 Å². The lowest BCUT2D eigenvalue weighted by molar-refractivity contribution is 0.0678. The van der Waals surface area contributed by atoms with Gasteiger partial charge in [0.05, 0.1) is 0 Å². The molecule has 0 spiro atoms. The number of piperidine rings is 1. The molecule has 98 valence electrons. The molecule has 1 N–H and O–H groups in total. The number of carboxylic acids is 1. The van der Waals surface area contributed by atoms with E-state index >= 15 is 0 Å². The fraction of sp³-hybridized carbons (Fsp3) is 0.500. The van der Waals surface area contributed by atoms with Gasteiger partial charge in [-0.3, -0.25) is 4.90 Å². The quantitative estimate of drug-likeness (QED) is 0.832. The van der Waals surface area contributed by atoms with Gasteiger partial charge in [-0.25, -0.2) is 4.79 Å². The molecule has 0 unspecified atom stereocenters. The second-order valence-electron chi connectivity index (χ2n) is 4.71. The summed E-state index contributed by atoms with van der Waals surface area (Å²) in [5.74, 6) is -0.837. The molecular formula is C14H20N2O2. The smallest absolute Gasteiger partial charge is 0.352 e. The van der Waals surface area contributed by atoms with Crippen molar-refractivity contribution in [1.29, 1.82) is 0 Å². The van der Waals surface area contributed by atoms with E-state index in [9.17, 15) is 4.79 Å². The highest BCUT2D eigenvalue weighted by Gasteiger charge is 2.22. The highest BCUT2D eigenvalue weighted by molar-refractivity contribution is 5.85. The third kappa shape index (κ3) is 2.82. The van der Waals surface area contributed by atoms with Crippen molar-refractivity contribution in [2.45, 2.75) is 25.8 Å². The van der Waals surface area contributed by atoms with Crippen molar-refractivity contribution in [2.24, 2.45) is 0 Å². The lowest BCUT2D eigenvalue weighted by Crippen LogP contribution is -2.35. The first-order valence-corrected chi connectivity index (χ1v) is 6.46. The van der Waals surface area contributed by atoms with Crippen LogP contribution in [0, 0.1) is 0 Å². The lowest BCUT2D eigenvalue weighted by atomic mass is 10.0. The van der Waals surface area contributed by atoms with E-state index in [1.807, 2.05) is 23.8 Å². The zero-order chi connectivity index (χ0) is 13.0. The predicted molar refractivity (Wildman–Crippen MR) is 70.9 cm³/mol. The summed E-state index contributed by atoms with van der Waals surface area (Å²) in [4.78, 5) is 13.5. The zero-order valence-electron chi connectivity index (χ0n) is 10.7. The van der Waals surface area contributed by atoms with Gasteiger partial charge in [-0.15, -0.1) is 0 Å². The second kappa shape index (κ2) is 5.87. The fourth-order valence-electron chi connectivity index (χ4n) is 2.53. The SMILES string of the molecule is CC=CCN1CCC(n2cccc2C(=O)O)CC1. The Morgan fingerprint density at radius 3 is 2.83 bits per heavy atom. The molecule has 18 heavy (non-hydrogen) atoms. The van der Waals surface area contributed by atoms with Gasteiger partial charge in [0, 0.05) is 31.9 Å². The number of aromatic carboxylic acids is 1. The monoisotopic (exact) mass is 248 g/mol. The Morgan fingerprint density at radius 2 is 2.22 bits per heavy atom. The minimum absolute atomic E-state index is 0.327. The van der Waals surface area contributed by atoms with Gasteiger partial charge in [-0.2, -0.15) is 0 Å². The Kier molecular flexibility index (Phi) is 4.20. The third-order valence-corrected chi connectivity index (χ3v) is 3.55. The Bertz CT molecular complexity index is 429. The molecule has 1 aromatic heterocycles. The average Bonchev–Trinajstić information content (AvgIpc) is 2.86. The summed E-state index contributed by atoms with van der Waals surface area (Å²) in [7, 11) is 0. The zero-order valence-corrected chi connectivity index (χ0v) is 10.7. The van der Waals surface area contributed by atoms with Crippen LogP contribution < -0.4 is 0 Å². The van der Waals surface area contributed by atoms with Gasteiger partial charge in [0.2, 0.25) is 0 Å². The maximum atomic E-state index is 11.1. The van der Waals surface area contributed by atoms with Gasteiger partial charge in [-0.05, 0) is 31.9 Å². The minimum atomic E-state index is -0.837. The molecule has 1 aliphatic rings. The first-order chi connectivity index (χ1) is 8.72. The molecular weight excluding hydrogens is 228 g/mol. The first kappa shape index (κ1) is 12.9. The summed E-state index contributed by atoms with van der Waals surface area (Å²) in [5, 5.41) is 9.11. The summed E-state index contributed by atoms with van der Waals surface area (Å²) in [6, 6.07) is 3.82. The molecule has 0 amide bonds. The molecule has 1 fully saturated rings. The normalized spacial score (nSPS) is 18.5. The molecule has 1 aliphatic heterocycles. The Balaban J connectivity index is 1.97. The molecule has 0 radical (unpaired) electrons. The summed E-state index contributed by atoms with van der Waals surface area (Å²) in [6.45, 7) is 5.10. The third-order valence-electron chi connectivity index (χ3n) is 3.55. The number of nitrogens with zero attached hydrogens (tertiary/aromatic N) is 2. The van der Waals surface area contributed by atoms with E-state index in [1.165, 1.54) is 0 Å². The van der Waals surface area contributed by atoms with Crippen LogP contribution in [0.2, 0.25) is 0 Å². The van der Waals surface area contributed by atoms with Crippen LogP contribution >= 0.6 is 0 Å². The fourth-order valence-corrected chi connectivity index (χ4v) is 2.53. The van der Waals surface area contributed by atoms with Gasteiger partial charge in [0.25, 0.3) is 0 Å². The van der Waals surface area contributed by atoms with Crippen LogP contribution in [-0.4, -0.2) is 40.2 Å². The summed E-state index contributed by atoms with van der Waals surface area (Å²) >= 11 is 0. The molecule has 1 saturated heterocycles. The van der Waals surface area contributed by atoms with E-state index in [4.69, 9.17) is 5.11 Å². The van der Waals surface area contributed by atoms with Crippen LogP contribution in [0.4, 0.5) is 0 Å². The second-order valence-corrected chi connectivity index (χ2v) is 4.71. The maximum absolute atomic E-state index is 11.1. The van der Waals surface area contributed by atoms with E-state index in [2.05, 4.69) is 17.1 Å². The van der Waals surface area contributed by atoms with E-state index in [0.717, 1.165) is 32.5 Å². The first-order valence-electron chi connectivity index (χ1n) is 6.46. The molecule has 0 aliphatic carbocycles. The number of rotatable bonds is 4. The number of allylic oxidation sites excluding steroid dienone is 1. The maximum Gasteiger partial charge on any atom is 0.352 e. The van der Waals surface area contributed by atoms with Crippen LogP contribution in [0.5, 0.6) is 0 Å². The van der Waals surface area contributed by atoms with Crippen LogP contribution in [0.3, 0.4) is 0 Å². The van der Waals surface area contributed by atoms with Gasteiger partial charge in [0.15, 0.2) is 0 Å². The topological polar surface area (TPSA) is 45.5 Å². The van der Waals surface area contributed by atoms with Gasteiger partial charge >= 0.3 is 5.97 Å². The summed E-state index contributed by atoms with van der Waals surface area (Å²) in [5.41, 5.74) is 0.405. The van der Waals surface area contributed by atoms with E-state index < -0.39 is 5.97 Å². The van der Waals surface area contributed by atoms with Crippen molar-refractivity contribution < 1.29 is 9.90 Å². The minimum Gasteiger partial charge on any atom is -0.477 e. The molecule has 2 rings (SSSR count). The standard InChI is InChI=1S/C14H20N2O2/c1-2-3-8-15-10-6-12(7-11-15)16-9-4-5-13(16)14(17)18/h2-5,9,12H,6-8,10-11H2,1H3,(H,17,18). The van der Waals surface area contributed by atoms with E-state index in [-0.39, 0.29) is 0 Å². The molecule has 2 heterocycles. The highest BCUT2D eigenvalue weighted by atomic mass is 16.4. The molecule has 0 bridgehead atoms. The van der Waals surface area contributed by atoms with Crippen molar-refractivity contribution in [2.75, 3.05) is 19.6 Å². The van der Waals surface area contributed by atoms with Gasteiger partial charge in [-0.1, -0.05) is 12.2 Å². The number of hydrogen-bond acceptors (Lipinski definition) is 2. The van der Waals surface area contributed by atoms with E-state index in [0.29, 0.717) is 11.7 Å². The summed E-state index contributed by atoms with van der Waals surface area (Å²) in [6.07, 6.45) is 8.16. The highest BCUT2D eigenvalue weighted by Crippen LogP contribution is 2.24. The number of aromatic nitrogens is 1. The molecule has 0 saturated carbocycles. The number of carboxylic acid groups (broad SMARTS) is 1. The van der Waals surface area contributed by atoms with Crippen LogP contribution in [0.15, 0.2) is 30.5 Å². The lowest BCUT2D eigenvalue weighted by Gasteiger charge is -2.32. The van der Waals surface area contributed by atoms with Crippen molar-refractivity contribution in [3.63, 3.8) is 0 Å².